The molecule has 0 radical (unpaired) electrons. The van der Waals surface area contributed by atoms with Crippen molar-refractivity contribution < 1.29 is 0 Å². The van der Waals surface area contributed by atoms with Gasteiger partial charge in [0.25, 0.3) is 5.56 Å². The van der Waals surface area contributed by atoms with Gasteiger partial charge in [-0.3, -0.25) is 9.78 Å². The van der Waals surface area contributed by atoms with E-state index in [1.54, 1.807) is 12.3 Å². The van der Waals surface area contributed by atoms with E-state index in [4.69, 9.17) is 11.6 Å². The zero-order valence-corrected chi connectivity index (χ0v) is 19.0. The van der Waals surface area contributed by atoms with Crippen LogP contribution >= 0.6 is 11.6 Å². The van der Waals surface area contributed by atoms with Gasteiger partial charge in [-0.2, -0.15) is 0 Å². The van der Waals surface area contributed by atoms with Gasteiger partial charge in [0.15, 0.2) is 0 Å². The molecule has 0 aliphatic heterocycles. The molecule has 0 saturated heterocycles. The number of hydrogen-bond acceptors (Lipinski definition) is 5. The summed E-state index contributed by atoms with van der Waals surface area (Å²) in [5.41, 5.74) is 4.35. The zero-order valence-electron chi connectivity index (χ0n) is 18.3. The second-order valence-corrected chi connectivity index (χ2v) is 8.58. The number of aromatic amines is 2. The van der Waals surface area contributed by atoms with Gasteiger partial charge in [0, 0.05) is 29.3 Å². The summed E-state index contributed by atoms with van der Waals surface area (Å²) < 4.78 is 0. The van der Waals surface area contributed by atoms with Crippen molar-refractivity contribution in [1.29, 1.82) is 0 Å². The smallest absolute Gasteiger partial charge is 0.261 e. The Morgan fingerprint density at radius 1 is 1.06 bits per heavy atom. The van der Waals surface area contributed by atoms with Crippen molar-refractivity contribution in [3.05, 3.63) is 87.9 Å². The molecule has 3 aromatic heterocycles. The van der Waals surface area contributed by atoms with E-state index in [2.05, 4.69) is 30.2 Å². The summed E-state index contributed by atoms with van der Waals surface area (Å²) in [4.78, 5) is 30.6. The normalized spacial score (nSPS) is 12.5. The molecule has 0 aliphatic rings. The van der Waals surface area contributed by atoms with Crippen molar-refractivity contribution in [2.75, 3.05) is 26.0 Å². The summed E-state index contributed by atoms with van der Waals surface area (Å²) in [7, 11) is 4.04. The van der Waals surface area contributed by atoms with Crippen molar-refractivity contribution in [1.82, 2.24) is 24.8 Å². The van der Waals surface area contributed by atoms with Gasteiger partial charge in [-0.1, -0.05) is 29.8 Å². The summed E-state index contributed by atoms with van der Waals surface area (Å²) in [6.07, 6.45) is 3.62. The van der Waals surface area contributed by atoms with E-state index in [0.717, 1.165) is 22.0 Å². The number of hydrogen-bond donors (Lipinski definition) is 3. The van der Waals surface area contributed by atoms with Crippen LogP contribution in [0.5, 0.6) is 0 Å². The molecule has 166 valence electrons. The van der Waals surface area contributed by atoms with E-state index in [1.807, 2.05) is 68.8 Å². The highest BCUT2D eigenvalue weighted by molar-refractivity contribution is 6.31. The Morgan fingerprint density at radius 3 is 2.67 bits per heavy atom. The molecule has 0 saturated carbocycles. The molecular formula is C25H23ClN6O. The molecule has 0 aliphatic carbocycles. The number of benzene rings is 2. The number of H-pyrrole nitrogens is 2. The molecule has 1 atom stereocenters. The van der Waals surface area contributed by atoms with Crippen LogP contribution in [0.4, 0.5) is 5.69 Å². The Balaban J connectivity index is 1.66. The standard InChI is InChI=1S/C25H23ClN6O/c1-32(2)21(15-6-5-11-27-13-15)14-28-23-17-12-16(26)9-10-18(17)31-25(33)22(23)24-29-19-7-3-4-8-20(19)30-24/h3-13,21H,14H2,1-2H3,(H,29,30)(H2,28,31,33). The third kappa shape index (κ3) is 4.08. The molecule has 0 fully saturated rings. The van der Waals surface area contributed by atoms with Crippen LogP contribution in [0.1, 0.15) is 11.6 Å². The molecule has 33 heavy (non-hydrogen) atoms. The molecule has 5 rings (SSSR count). The second kappa shape index (κ2) is 8.69. The number of rotatable bonds is 6. The molecular weight excluding hydrogens is 436 g/mol. The van der Waals surface area contributed by atoms with E-state index in [1.165, 1.54) is 0 Å². The number of halogens is 1. The van der Waals surface area contributed by atoms with E-state index in [-0.39, 0.29) is 11.6 Å². The molecule has 0 spiro atoms. The Hall–Kier alpha value is -3.68. The monoisotopic (exact) mass is 458 g/mol. The molecule has 2 aromatic carbocycles. The van der Waals surface area contributed by atoms with E-state index in [9.17, 15) is 4.79 Å². The third-order valence-electron chi connectivity index (χ3n) is 5.77. The van der Waals surface area contributed by atoms with Crippen LogP contribution in [-0.4, -0.2) is 45.5 Å². The summed E-state index contributed by atoms with van der Waals surface area (Å²) in [5, 5.41) is 4.95. The first-order valence-electron chi connectivity index (χ1n) is 10.6. The lowest BCUT2D eigenvalue weighted by Crippen LogP contribution is -2.27. The molecule has 8 heteroatoms. The maximum Gasteiger partial charge on any atom is 0.261 e. The van der Waals surface area contributed by atoms with Crippen LogP contribution in [0.2, 0.25) is 5.02 Å². The molecule has 0 amide bonds. The molecule has 7 nitrogen and oxygen atoms in total. The van der Waals surface area contributed by atoms with Crippen LogP contribution < -0.4 is 10.9 Å². The number of nitrogens with one attached hydrogen (secondary N) is 3. The van der Waals surface area contributed by atoms with Gasteiger partial charge < -0.3 is 20.2 Å². The van der Waals surface area contributed by atoms with Crippen LogP contribution in [-0.2, 0) is 0 Å². The number of likely N-dealkylation sites (N-methyl/N-ethyl adjacent to an activating group) is 1. The largest absolute Gasteiger partial charge is 0.382 e. The maximum absolute atomic E-state index is 13.3. The summed E-state index contributed by atoms with van der Waals surface area (Å²) in [6, 6.07) is 17.2. The van der Waals surface area contributed by atoms with Crippen LogP contribution in [0, 0.1) is 0 Å². The number of para-hydroxylation sites is 2. The summed E-state index contributed by atoms with van der Waals surface area (Å²) in [5.74, 6) is 0.504. The van der Waals surface area contributed by atoms with Gasteiger partial charge in [-0.25, -0.2) is 4.98 Å². The molecule has 3 N–H and O–H groups in total. The van der Waals surface area contributed by atoms with E-state index < -0.39 is 0 Å². The predicted octanol–water partition coefficient (Wildman–Crippen LogP) is 4.83. The zero-order chi connectivity index (χ0) is 22.9. The van der Waals surface area contributed by atoms with Crippen LogP contribution in [0.25, 0.3) is 33.3 Å². The predicted molar refractivity (Wildman–Crippen MR) is 134 cm³/mol. The first kappa shape index (κ1) is 21.2. The van der Waals surface area contributed by atoms with Crippen molar-refractivity contribution in [3.8, 4) is 11.4 Å². The minimum absolute atomic E-state index is 0.0377. The Kier molecular flexibility index (Phi) is 5.58. The van der Waals surface area contributed by atoms with E-state index >= 15 is 0 Å². The van der Waals surface area contributed by atoms with Crippen LogP contribution in [0.15, 0.2) is 71.8 Å². The highest BCUT2D eigenvalue weighted by atomic mass is 35.5. The SMILES string of the molecule is CN(C)C(CNc1c(-c2nc3ccccc3[nH]2)c(=O)[nH]c2ccc(Cl)cc12)c1cccnc1. The highest BCUT2D eigenvalue weighted by Crippen LogP contribution is 2.33. The van der Waals surface area contributed by atoms with E-state index in [0.29, 0.717) is 34.2 Å². The summed E-state index contributed by atoms with van der Waals surface area (Å²) in [6.45, 7) is 0.553. The average molecular weight is 459 g/mol. The first-order chi connectivity index (χ1) is 16.0. The van der Waals surface area contributed by atoms with Crippen LogP contribution in [0.3, 0.4) is 0 Å². The highest BCUT2D eigenvalue weighted by Gasteiger charge is 2.21. The molecule has 5 aromatic rings. The quantitative estimate of drug-likeness (QED) is 0.339. The minimum atomic E-state index is -0.228. The second-order valence-electron chi connectivity index (χ2n) is 8.14. The van der Waals surface area contributed by atoms with Crippen molar-refractivity contribution in [2.24, 2.45) is 0 Å². The summed E-state index contributed by atoms with van der Waals surface area (Å²) >= 11 is 6.34. The maximum atomic E-state index is 13.3. The number of fused-ring (bicyclic) bond motifs is 2. The minimum Gasteiger partial charge on any atom is -0.382 e. The molecule has 3 heterocycles. The first-order valence-corrected chi connectivity index (χ1v) is 11.0. The Labute approximate surface area is 195 Å². The number of anilines is 1. The molecule has 0 bridgehead atoms. The van der Waals surface area contributed by atoms with Crippen molar-refractivity contribution in [3.63, 3.8) is 0 Å². The van der Waals surface area contributed by atoms with Gasteiger partial charge in [0.1, 0.15) is 11.4 Å². The van der Waals surface area contributed by atoms with Crippen molar-refractivity contribution >= 4 is 39.2 Å². The fourth-order valence-electron chi connectivity index (χ4n) is 4.12. The van der Waals surface area contributed by atoms with Gasteiger partial charge in [-0.15, -0.1) is 0 Å². The lowest BCUT2D eigenvalue weighted by molar-refractivity contribution is 0.311. The number of aromatic nitrogens is 4. The van der Waals surface area contributed by atoms with Gasteiger partial charge in [0.05, 0.1) is 28.3 Å². The lowest BCUT2D eigenvalue weighted by atomic mass is 10.1. The Morgan fingerprint density at radius 2 is 1.91 bits per heavy atom. The number of pyridine rings is 2. The fourth-order valence-corrected chi connectivity index (χ4v) is 4.29. The topological polar surface area (TPSA) is 89.7 Å². The van der Waals surface area contributed by atoms with Gasteiger partial charge >= 0.3 is 0 Å². The van der Waals surface area contributed by atoms with Gasteiger partial charge in [-0.05, 0) is 56.1 Å². The average Bonchev–Trinajstić information content (AvgIpc) is 3.23. The molecule has 1 unspecified atom stereocenters. The van der Waals surface area contributed by atoms with Crippen molar-refractivity contribution in [2.45, 2.75) is 6.04 Å². The number of imidazole rings is 1. The fraction of sp³-hybridized carbons (Fsp3) is 0.160. The number of nitrogens with zero attached hydrogens (tertiary/aromatic N) is 3. The van der Waals surface area contributed by atoms with Gasteiger partial charge in [0.2, 0.25) is 0 Å². The third-order valence-corrected chi connectivity index (χ3v) is 6.00. The Bertz CT molecular complexity index is 1460. The lowest BCUT2D eigenvalue weighted by Gasteiger charge is -2.26.